The Morgan fingerprint density at radius 2 is 2.12 bits per heavy atom. The molecule has 0 aromatic heterocycles. The van der Waals surface area contributed by atoms with E-state index in [4.69, 9.17) is 4.74 Å². The van der Waals surface area contributed by atoms with E-state index >= 15 is 0 Å². The van der Waals surface area contributed by atoms with Gasteiger partial charge in [-0.05, 0) is 5.41 Å². The van der Waals surface area contributed by atoms with Crippen LogP contribution in [0, 0.1) is 5.41 Å². The minimum Gasteiger partial charge on any atom is -0.389 e. The number of aliphatic hydroxyl groups excluding tert-OH is 1. The van der Waals surface area contributed by atoms with Crippen molar-refractivity contribution in [3.8, 4) is 0 Å². The zero-order valence-corrected chi connectivity index (χ0v) is 11.1. The van der Waals surface area contributed by atoms with Crippen molar-refractivity contribution in [3.63, 3.8) is 0 Å². The summed E-state index contributed by atoms with van der Waals surface area (Å²) in [7, 11) is 0. The molecule has 0 aromatic carbocycles. The molecule has 0 aromatic rings. The highest BCUT2D eigenvalue weighted by molar-refractivity contribution is 5.72. The van der Waals surface area contributed by atoms with Crippen LogP contribution in [-0.2, 0) is 9.53 Å². The van der Waals surface area contributed by atoms with Gasteiger partial charge in [-0.15, -0.1) is 0 Å². The predicted molar refractivity (Wildman–Crippen MR) is 65.7 cm³/mol. The largest absolute Gasteiger partial charge is 0.389 e. The van der Waals surface area contributed by atoms with E-state index in [1.165, 1.54) is 6.92 Å². The maximum Gasteiger partial charge on any atom is 0.216 e. The SMILES string of the molecule is CC(=O)NCC1OCC(NCC(C)(C)C)C1O. The van der Waals surface area contributed by atoms with Crippen LogP contribution in [0.1, 0.15) is 27.7 Å². The highest BCUT2D eigenvalue weighted by Gasteiger charge is 2.35. The fourth-order valence-electron chi connectivity index (χ4n) is 1.72. The Bertz CT molecular complexity index is 263. The van der Waals surface area contributed by atoms with Crippen LogP contribution in [0.5, 0.6) is 0 Å². The Balaban J connectivity index is 2.33. The van der Waals surface area contributed by atoms with Crippen molar-refractivity contribution in [2.75, 3.05) is 19.7 Å². The topological polar surface area (TPSA) is 70.6 Å². The van der Waals surface area contributed by atoms with Crippen LogP contribution in [0.4, 0.5) is 0 Å². The van der Waals surface area contributed by atoms with Crippen molar-refractivity contribution in [1.29, 1.82) is 0 Å². The van der Waals surface area contributed by atoms with E-state index in [1.807, 2.05) is 0 Å². The summed E-state index contributed by atoms with van der Waals surface area (Å²) in [6.45, 7) is 9.54. The van der Waals surface area contributed by atoms with Crippen LogP contribution in [0.25, 0.3) is 0 Å². The normalized spacial score (nSPS) is 29.4. The van der Waals surface area contributed by atoms with Crippen LogP contribution >= 0.6 is 0 Å². The fraction of sp³-hybridized carbons (Fsp3) is 0.917. The summed E-state index contributed by atoms with van der Waals surface area (Å²) in [5.74, 6) is -0.105. The molecule has 5 nitrogen and oxygen atoms in total. The molecule has 5 heteroatoms. The minimum absolute atomic E-state index is 0.0482. The Morgan fingerprint density at radius 1 is 1.47 bits per heavy atom. The standard InChI is InChI=1S/C12H24N2O3/c1-8(15)13-5-10-11(16)9(6-17-10)14-7-12(2,3)4/h9-11,14,16H,5-7H2,1-4H3,(H,13,15). The summed E-state index contributed by atoms with van der Waals surface area (Å²) >= 11 is 0. The van der Waals surface area contributed by atoms with Gasteiger partial charge in [0.2, 0.25) is 5.91 Å². The Labute approximate surface area is 103 Å². The lowest BCUT2D eigenvalue weighted by atomic mass is 9.96. The van der Waals surface area contributed by atoms with Gasteiger partial charge in [-0.2, -0.15) is 0 Å². The van der Waals surface area contributed by atoms with Gasteiger partial charge in [0.15, 0.2) is 0 Å². The van der Waals surface area contributed by atoms with Gasteiger partial charge in [0.25, 0.3) is 0 Å². The fourth-order valence-corrected chi connectivity index (χ4v) is 1.72. The first-order chi connectivity index (χ1) is 7.79. The second-order valence-corrected chi connectivity index (χ2v) is 5.85. The smallest absolute Gasteiger partial charge is 0.216 e. The van der Waals surface area contributed by atoms with Gasteiger partial charge in [0.05, 0.1) is 18.8 Å². The molecular formula is C12H24N2O3. The van der Waals surface area contributed by atoms with E-state index in [0.29, 0.717) is 13.2 Å². The Hall–Kier alpha value is -0.650. The van der Waals surface area contributed by atoms with Crippen molar-refractivity contribution in [2.45, 2.75) is 45.9 Å². The first-order valence-electron chi connectivity index (χ1n) is 6.07. The molecule has 3 unspecified atom stereocenters. The first-order valence-corrected chi connectivity index (χ1v) is 6.07. The molecule has 1 amide bonds. The average Bonchev–Trinajstić information content (AvgIpc) is 2.52. The Kier molecular flexibility index (Phi) is 4.91. The summed E-state index contributed by atoms with van der Waals surface area (Å²) in [4.78, 5) is 10.8. The molecular weight excluding hydrogens is 220 g/mol. The number of nitrogens with one attached hydrogen (secondary N) is 2. The zero-order chi connectivity index (χ0) is 13.1. The molecule has 1 aliphatic rings. The molecule has 1 heterocycles. The molecule has 1 fully saturated rings. The van der Waals surface area contributed by atoms with Gasteiger partial charge in [-0.3, -0.25) is 4.79 Å². The number of ether oxygens (including phenoxy) is 1. The van der Waals surface area contributed by atoms with Crippen LogP contribution in [0.2, 0.25) is 0 Å². The molecule has 1 saturated heterocycles. The molecule has 0 spiro atoms. The predicted octanol–water partition coefficient (Wildman–Crippen LogP) is -0.113. The van der Waals surface area contributed by atoms with Gasteiger partial charge in [-0.25, -0.2) is 0 Å². The molecule has 3 N–H and O–H groups in total. The second kappa shape index (κ2) is 5.80. The monoisotopic (exact) mass is 244 g/mol. The first kappa shape index (κ1) is 14.4. The molecule has 0 bridgehead atoms. The molecule has 1 rings (SSSR count). The van der Waals surface area contributed by atoms with Crippen molar-refractivity contribution < 1.29 is 14.6 Å². The van der Waals surface area contributed by atoms with Crippen LogP contribution < -0.4 is 10.6 Å². The van der Waals surface area contributed by atoms with E-state index in [2.05, 4.69) is 31.4 Å². The number of amides is 1. The minimum atomic E-state index is -0.566. The third kappa shape index (κ3) is 5.02. The number of hydrogen-bond acceptors (Lipinski definition) is 4. The molecule has 1 aliphatic heterocycles. The highest BCUT2D eigenvalue weighted by Crippen LogP contribution is 2.16. The van der Waals surface area contributed by atoms with Crippen LogP contribution in [0.15, 0.2) is 0 Å². The van der Waals surface area contributed by atoms with Gasteiger partial charge >= 0.3 is 0 Å². The third-order valence-corrected chi connectivity index (χ3v) is 2.73. The van der Waals surface area contributed by atoms with Gasteiger partial charge in [0.1, 0.15) is 6.10 Å². The van der Waals surface area contributed by atoms with E-state index in [0.717, 1.165) is 6.54 Å². The summed E-state index contributed by atoms with van der Waals surface area (Å²) in [6, 6.07) is -0.0482. The highest BCUT2D eigenvalue weighted by atomic mass is 16.5. The van der Waals surface area contributed by atoms with Crippen LogP contribution in [-0.4, -0.2) is 49.0 Å². The van der Waals surface area contributed by atoms with Crippen molar-refractivity contribution in [1.82, 2.24) is 10.6 Å². The maximum atomic E-state index is 10.8. The maximum absolute atomic E-state index is 10.8. The molecule has 0 aliphatic carbocycles. The quantitative estimate of drug-likeness (QED) is 0.645. The number of hydrogen-bond donors (Lipinski definition) is 3. The van der Waals surface area contributed by atoms with Gasteiger partial charge in [0, 0.05) is 20.0 Å². The van der Waals surface area contributed by atoms with Crippen molar-refractivity contribution >= 4 is 5.91 Å². The van der Waals surface area contributed by atoms with Crippen molar-refractivity contribution in [2.24, 2.45) is 5.41 Å². The van der Waals surface area contributed by atoms with Crippen LogP contribution in [0.3, 0.4) is 0 Å². The number of rotatable bonds is 4. The number of aliphatic hydroxyl groups is 1. The van der Waals surface area contributed by atoms with E-state index in [-0.39, 0.29) is 23.5 Å². The van der Waals surface area contributed by atoms with Crippen molar-refractivity contribution in [3.05, 3.63) is 0 Å². The number of carbonyl (C=O) groups excluding carboxylic acids is 1. The second-order valence-electron chi connectivity index (χ2n) is 5.85. The molecule has 0 radical (unpaired) electrons. The molecule has 100 valence electrons. The van der Waals surface area contributed by atoms with E-state index in [9.17, 15) is 9.90 Å². The van der Waals surface area contributed by atoms with E-state index < -0.39 is 6.10 Å². The lowest BCUT2D eigenvalue weighted by molar-refractivity contribution is -0.119. The van der Waals surface area contributed by atoms with Gasteiger partial charge < -0.3 is 20.5 Å². The lowest BCUT2D eigenvalue weighted by Gasteiger charge is -2.24. The molecule has 17 heavy (non-hydrogen) atoms. The Morgan fingerprint density at radius 3 is 2.65 bits per heavy atom. The lowest BCUT2D eigenvalue weighted by Crippen LogP contribution is -2.46. The third-order valence-electron chi connectivity index (χ3n) is 2.73. The summed E-state index contributed by atoms with van der Waals surface area (Å²) in [6.07, 6.45) is -0.874. The molecule has 0 saturated carbocycles. The summed E-state index contributed by atoms with van der Waals surface area (Å²) in [5.41, 5.74) is 0.176. The summed E-state index contributed by atoms with van der Waals surface area (Å²) < 4.78 is 5.47. The molecule has 3 atom stereocenters. The van der Waals surface area contributed by atoms with Gasteiger partial charge in [-0.1, -0.05) is 20.8 Å². The van der Waals surface area contributed by atoms with E-state index in [1.54, 1.807) is 0 Å². The zero-order valence-electron chi connectivity index (χ0n) is 11.1. The number of carbonyl (C=O) groups is 1. The average molecular weight is 244 g/mol. The summed E-state index contributed by atoms with van der Waals surface area (Å²) in [5, 5.41) is 16.0.